The lowest BCUT2D eigenvalue weighted by atomic mass is 9.81. The van der Waals surface area contributed by atoms with Gasteiger partial charge in [0.1, 0.15) is 0 Å². The lowest BCUT2D eigenvalue weighted by Gasteiger charge is -2.22. The number of hydrogen-bond donors (Lipinski definition) is 0. The summed E-state index contributed by atoms with van der Waals surface area (Å²) >= 11 is 0. The molecule has 0 aliphatic heterocycles. The fourth-order valence-electron chi connectivity index (χ4n) is 9.58. The Kier molecular flexibility index (Phi) is 7.00. The summed E-state index contributed by atoms with van der Waals surface area (Å²) in [6, 6.07) is 72.1. The van der Waals surface area contributed by atoms with Gasteiger partial charge in [-0.2, -0.15) is 0 Å². The molecule has 0 N–H and O–H groups in total. The molecular formula is C55H38. The van der Waals surface area contributed by atoms with E-state index in [0.29, 0.717) is 0 Å². The summed E-state index contributed by atoms with van der Waals surface area (Å²) in [5, 5.41) is 10.2. The van der Waals surface area contributed by atoms with Crippen LogP contribution in [0.25, 0.3) is 98.7 Å². The summed E-state index contributed by atoms with van der Waals surface area (Å²) in [7, 11) is 0. The molecule has 11 rings (SSSR count). The van der Waals surface area contributed by atoms with Crippen molar-refractivity contribution in [3.8, 4) is 55.6 Å². The summed E-state index contributed by atoms with van der Waals surface area (Å²) in [6.07, 6.45) is 0. The third-order valence-corrected chi connectivity index (χ3v) is 12.2. The van der Waals surface area contributed by atoms with Crippen LogP contribution in [0.4, 0.5) is 0 Å². The molecule has 0 amide bonds. The van der Waals surface area contributed by atoms with Crippen LogP contribution in [0.5, 0.6) is 0 Å². The fraction of sp³-hybridized carbons (Fsp3) is 0.0545. The van der Waals surface area contributed by atoms with Crippen molar-refractivity contribution in [3.05, 3.63) is 205 Å². The van der Waals surface area contributed by atoms with E-state index in [1.807, 2.05) is 0 Å². The molecular weight excluding hydrogens is 661 g/mol. The molecule has 0 bridgehead atoms. The van der Waals surface area contributed by atoms with E-state index in [0.717, 1.165) is 0 Å². The van der Waals surface area contributed by atoms with E-state index in [-0.39, 0.29) is 5.41 Å². The lowest BCUT2D eigenvalue weighted by Crippen LogP contribution is -2.14. The Labute approximate surface area is 322 Å². The first-order valence-corrected chi connectivity index (χ1v) is 19.3. The van der Waals surface area contributed by atoms with Crippen LogP contribution < -0.4 is 0 Å². The summed E-state index contributed by atoms with van der Waals surface area (Å²) in [5.74, 6) is 0. The van der Waals surface area contributed by atoms with Crippen LogP contribution in [0.15, 0.2) is 194 Å². The first-order valence-electron chi connectivity index (χ1n) is 19.3. The second kappa shape index (κ2) is 12.1. The summed E-state index contributed by atoms with van der Waals surface area (Å²) in [5.41, 5.74) is 15.5. The molecule has 0 aromatic heterocycles. The van der Waals surface area contributed by atoms with Crippen molar-refractivity contribution < 1.29 is 0 Å². The average Bonchev–Trinajstić information content (AvgIpc) is 3.49. The zero-order valence-corrected chi connectivity index (χ0v) is 31.0. The average molecular weight is 699 g/mol. The molecule has 0 unspecified atom stereocenters. The monoisotopic (exact) mass is 698 g/mol. The third-order valence-electron chi connectivity index (χ3n) is 12.2. The smallest absolute Gasteiger partial charge is 0.0159 e. The maximum atomic E-state index is 2.43. The van der Waals surface area contributed by atoms with Crippen LogP contribution in [0, 0.1) is 0 Å². The van der Waals surface area contributed by atoms with Gasteiger partial charge in [0.05, 0.1) is 0 Å². The zero-order valence-electron chi connectivity index (χ0n) is 31.0. The Morgan fingerprint density at radius 3 is 1.49 bits per heavy atom. The zero-order chi connectivity index (χ0) is 36.7. The summed E-state index contributed by atoms with van der Waals surface area (Å²) in [4.78, 5) is 0. The van der Waals surface area contributed by atoms with Crippen LogP contribution in [-0.4, -0.2) is 0 Å². The highest BCUT2D eigenvalue weighted by atomic mass is 14.4. The molecule has 0 saturated carbocycles. The summed E-state index contributed by atoms with van der Waals surface area (Å²) < 4.78 is 0. The molecule has 10 aromatic rings. The maximum Gasteiger partial charge on any atom is 0.0159 e. The van der Waals surface area contributed by atoms with Crippen molar-refractivity contribution in [2.45, 2.75) is 19.3 Å². The highest BCUT2D eigenvalue weighted by Gasteiger charge is 2.37. The Morgan fingerprint density at radius 2 is 0.782 bits per heavy atom. The predicted molar refractivity (Wildman–Crippen MR) is 236 cm³/mol. The topological polar surface area (TPSA) is 0 Å². The van der Waals surface area contributed by atoms with Gasteiger partial charge in [-0.15, -0.1) is 0 Å². The second-order valence-corrected chi connectivity index (χ2v) is 15.6. The van der Waals surface area contributed by atoms with Gasteiger partial charge in [0, 0.05) is 5.41 Å². The van der Waals surface area contributed by atoms with Crippen LogP contribution in [0.2, 0.25) is 0 Å². The quantitative estimate of drug-likeness (QED) is 0.161. The van der Waals surface area contributed by atoms with Crippen molar-refractivity contribution in [2.75, 3.05) is 0 Å². The van der Waals surface area contributed by atoms with Crippen LogP contribution in [0.3, 0.4) is 0 Å². The Morgan fingerprint density at radius 1 is 0.273 bits per heavy atom. The van der Waals surface area contributed by atoms with Gasteiger partial charge in [-0.05, 0) is 122 Å². The van der Waals surface area contributed by atoms with Crippen LogP contribution in [0.1, 0.15) is 25.0 Å². The number of fused-ring (bicyclic) bond motifs is 8. The number of hydrogen-bond acceptors (Lipinski definition) is 0. The minimum Gasteiger partial charge on any atom is -0.0616 e. The molecule has 0 heterocycles. The first-order chi connectivity index (χ1) is 27.0. The number of benzene rings is 10. The molecule has 0 fully saturated rings. The van der Waals surface area contributed by atoms with Gasteiger partial charge in [0.25, 0.3) is 0 Å². The second-order valence-electron chi connectivity index (χ2n) is 15.6. The van der Waals surface area contributed by atoms with Gasteiger partial charge in [0.2, 0.25) is 0 Å². The SMILES string of the molecule is CC1(C)c2cccc(-c3cccc(-c4c5ccccc5c(-c5ccc(-c6ccc7ccccc7c6)cc5)c5ccccc45)c3)c2-c2c1ccc1ccccc21. The molecule has 1 aliphatic carbocycles. The highest BCUT2D eigenvalue weighted by molar-refractivity contribution is 6.21. The molecule has 0 spiro atoms. The molecule has 0 saturated heterocycles. The minimum atomic E-state index is -0.0851. The molecule has 0 atom stereocenters. The molecule has 10 aromatic carbocycles. The normalized spacial score (nSPS) is 13.1. The standard InChI is InChI=1S/C55H38/c1-55(2)49-24-12-23-44(54(49)53-43-18-6-5-14-37(43)31-32-50(53)55)41-16-11-17-42(34-41)52-47-21-9-7-19-45(47)51(46-20-8-10-22-48(46)52)38-28-25-36(26-29-38)40-30-27-35-13-3-4-15-39(35)33-40/h3-34H,1-2H3. The molecule has 0 heteroatoms. The third kappa shape index (κ3) is 4.85. The summed E-state index contributed by atoms with van der Waals surface area (Å²) in [6.45, 7) is 4.76. The van der Waals surface area contributed by atoms with Crippen molar-refractivity contribution >= 4 is 43.1 Å². The van der Waals surface area contributed by atoms with Gasteiger partial charge in [-0.25, -0.2) is 0 Å². The van der Waals surface area contributed by atoms with Gasteiger partial charge >= 0.3 is 0 Å². The first kappa shape index (κ1) is 31.7. The Hall–Kier alpha value is -6.76. The largest absolute Gasteiger partial charge is 0.0616 e. The van der Waals surface area contributed by atoms with Gasteiger partial charge in [0.15, 0.2) is 0 Å². The minimum absolute atomic E-state index is 0.0851. The maximum absolute atomic E-state index is 2.43. The van der Waals surface area contributed by atoms with Gasteiger partial charge in [-0.1, -0.05) is 196 Å². The highest BCUT2D eigenvalue weighted by Crippen LogP contribution is 2.55. The van der Waals surface area contributed by atoms with Crippen LogP contribution >= 0.6 is 0 Å². The molecule has 258 valence electrons. The fourth-order valence-corrected chi connectivity index (χ4v) is 9.58. The Bertz CT molecular complexity index is 3100. The van der Waals surface area contributed by atoms with Crippen molar-refractivity contribution in [2.24, 2.45) is 0 Å². The van der Waals surface area contributed by atoms with Crippen molar-refractivity contribution in [1.29, 1.82) is 0 Å². The van der Waals surface area contributed by atoms with E-state index < -0.39 is 0 Å². The molecule has 55 heavy (non-hydrogen) atoms. The van der Waals surface area contributed by atoms with E-state index in [9.17, 15) is 0 Å². The number of rotatable bonds is 4. The van der Waals surface area contributed by atoms with Gasteiger partial charge in [-0.3, -0.25) is 0 Å². The van der Waals surface area contributed by atoms with E-state index in [1.54, 1.807) is 0 Å². The molecule has 1 aliphatic rings. The molecule has 0 radical (unpaired) electrons. The van der Waals surface area contributed by atoms with E-state index >= 15 is 0 Å². The Balaban J connectivity index is 1.08. The van der Waals surface area contributed by atoms with E-state index in [1.165, 1.54) is 110 Å². The molecule has 0 nitrogen and oxygen atoms in total. The van der Waals surface area contributed by atoms with E-state index in [2.05, 4.69) is 208 Å². The van der Waals surface area contributed by atoms with E-state index in [4.69, 9.17) is 0 Å². The van der Waals surface area contributed by atoms with Crippen LogP contribution in [-0.2, 0) is 5.41 Å². The predicted octanol–water partition coefficient (Wildman–Crippen LogP) is 15.3. The van der Waals surface area contributed by atoms with Crippen molar-refractivity contribution in [3.63, 3.8) is 0 Å². The van der Waals surface area contributed by atoms with Crippen molar-refractivity contribution in [1.82, 2.24) is 0 Å². The lowest BCUT2D eigenvalue weighted by molar-refractivity contribution is 0.661. The van der Waals surface area contributed by atoms with Gasteiger partial charge < -0.3 is 0 Å².